The van der Waals surface area contributed by atoms with Crippen molar-refractivity contribution >= 4 is 11.7 Å². The zero-order valence-corrected chi connectivity index (χ0v) is 12.6. The van der Waals surface area contributed by atoms with Gasteiger partial charge in [0.05, 0.1) is 26.4 Å². The third-order valence-corrected chi connectivity index (χ3v) is 2.62. The van der Waals surface area contributed by atoms with E-state index in [9.17, 15) is 4.79 Å². The third-order valence-electron chi connectivity index (χ3n) is 2.62. The Hall–Kier alpha value is -1.79. The highest BCUT2D eigenvalue weighted by Gasteiger charge is 2.13. The lowest BCUT2D eigenvalue weighted by Crippen LogP contribution is -2.10. The molecule has 0 spiro atoms. The van der Waals surface area contributed by atoms with Gasteiger partial charge in [-0.15, -0.1) is 0 Å². The highest BCUT2D eigenvalue weighted by Crippen LogP contribution is 2.23. The maximum absolute atomic E-state index is 11.8. The molecule has 2 N–H and O–H groups in total. The van der Waals surface area contributed by atoms with Crippen molar-refractivity contribution in [3.05, 3.63) is 23.8 Å². The molecule has 1 aromatic carbocycles. The second kappa shape index (κ2) is 10.0. The molecule has 0 atom stereocenters. The fourth-order valence-corrected chi connectivity index (χ4v) is 1.62. The zero-order chi connectivity index (χ0) is 15.5. The van der Waals surface area contributed by atoms with E-state index in [-0.39, 0.29) is 0 Å². The minimum absolute atomic E-state index is 0.315. The van der Waals surface area contributed by atoms with E-state index in [1.165, 1.54) is 0 Å². The molecule has 0 aliphatic carbocycles. The average Bonchev–Trinajstić information content (AvgIpc) is 2.46. The monoisotopic (exact) mass is 297 g/mol. The SMILES string of the molecule is CCOC(=O)c1ccc(N)cc1OCCCOCCOC. The van der Waals surface area contributed by atoms with E-state index in [0.29, 0.717) is 56.5 Å². The number of carbonyl (C=O) groups is 1. The van der Waals surface area contributed by atoms with Crippen LogP contribution in [0.15, 0.2) is 18.2 Å². The Morgan fingerprint density at radius 2 is 2.00 bits per heavy atom. The summed E-state index contributed by atoms with van der Waals surface area (Å²) in [5.74, 6) is 0.0224. The number of hydrogen-bond acceptors (Lipinski definition) is 6. The molecule has 0 radical (unpaired) electrons. The molecular weight excluding hydrogens is 274 g/mol. The van der Waals surface area contributed by atoms with Gasteiger partial charge in [0.15, 0.2) is 0 Å². The Morgan fingerprint density at radius 3 is 2.71 bits per heavy atom. The van der Waals surface area contributed by atoms with Crippen molar-refractivity contribution < 1.29 is 23.7 Å². The Labute approximate surface area is 125 Å². The van der Waals surface area contributed by atoms with Gasteiger partial charge in [-0.3, -0.25) is 0 Å². The predicted molar refractivity (Wildman–Crippen MR) is 79.6 cm³/mol. The lowest BCUT2D eigenvalue weighted by Gasteiger charge is -2.11. The van der Waals surface area contributed by atoms with E-state index in [2.05, 4.69) is 0 Å². The third kappa shape index (κ3) is 6.46. The van der Waals surface area contributed by atoms with Gasteiger partial charge in [0.2, 0.25) is 0 Å². The number of carbonyl (C=O) groups excluding carboxylic acids is 1. The molecule has 0 amide bonds. The molecule has 0 fully saturated rings. The fourth-order valence-electron chi connectivity index (χ4n) is 1.62. The number of benzene rings is 1. The molecular formula is C15H23NO5. The first kappa shape index (κ1) is 17.3. The number of hydrogen-bond donors (Lipinski definition) is 1. The van der Waals surface area contributed by atoms with E-state index < -0.39 is 5.97 Å². The van der Waals surface area contributed by atoms with Gasteiger partial charge in [-0.2, -0.15) is 0 Å². The van der Waals surface area contributed by atoms with Gasteiger partial charge in [-0.25, -0.2) is 4.79 Å². The number of ether oxygens (including phenoxy) is 4. The first-order chi connectivity index (χ1) is 10.2. The van der Waals surface area contributed by atoms with E-state index >= 15 is 0 Å². The lowest BCUT2D eigenvalue weighted by molar-refractivity contribution is 0.0519. The molecule has 0 heterocycles. The number of rotatable bonds is 10. The molecule has 6 heteroatoms. The largest absolute Gasteiger partial charge is 0.493 e. The predicted octanol–water partition coefficient (Wildman–Crippen LogP) is 1.88. The molecule has 0 bridgehead atoms. The summed E-state index contributed by atoms with van der Waals surface area (Å²) in [7, 11) is 1.63. The van der Waals surface area contributed by atoms with Gasteiger partial charge in [0, 0.05) is 31.9 Å². The molecule has 0 unspecified atom stereocenters. The summed E-state index contributed by atoms with van der Waals surface area (Å²) in [6.07, 6.45) is 0.709. The molecule has 0 aromatic heterocycles. The van der Waals surface area contributed by atoms with Crippen molar-refractivity contribution in [1.29, 1.82) is 0 Å². The van der Waals surface area contributed by atoms with Crippen LogP contribution in [-0.2, 0) is 14.2 Å². The van der Waals surface area contributed by atoms with Crippen LogP contribution in [0.3, 0.4) is 0 Å². The summed E-state index contributed by atoms with van der Waals surface area (Å²) >= 11 is 0. The zero-order valence-electron chi connectivity index (χ0n) is 12.6. The molecule has 6 nitrogen and oxygen atoms in total. The number of esters is 1. The van der Waals surface area contributed by atoms with Crippen LogP contribution in [0.2, 0.25) is 0 Å². The van der Waals surface area contributed by atoms with Gasteiger partial charge >= 0.3 is 5.97 Å². The molecule has 0 aliphatic rings. The Balaban J connectivity index is 2.45. The molecule has 1 aromatic rings. The van der Waals surface area contributed by atoms with E-state index in [1.54, 1.807) is 32.2 Å². The van der Waals surface area contributed by atoms with E-state index in [1.807, 2.05) is 0 Å². The Bertz CT molecular complexity index is 436. The lowest BCUT2D eigenvalue weighted by atomic mass is 10.2. The Morgan fingerprint density at radius 1 is 1.19 bits per heavy atom. The van der Waals surface area contributed by atoms with E-state index in [4.69, 9.17) is 24.7 Å². The van der Waals surface area contributed by atoms with Crippen molar-refractivity contribution in [3.63, 3.8) is 0 Å². The first-order valence-electron chi connectivity index (χ1n) is 6.95. The van der Waals surface area contributed by atoms with Crippen LogP contribution in [0, 0.1) is 0 Å². The summed E-state index contributed by atoms with van der Waals surface area (Å²) in [6, 6.07) is 4.88. The van der Waals surface area contributed by atoms with Crippen molar-refractivity contribution in [2.45, 2.75) is 13.3 Å². The minimum Gasteiger partial charge on any atom is -0.493 e. The van der Waals surface area contributed by atoms with Gasteiger partial charge in [0.25, 0.3) is 0 Å². The molecule has 0 saturated carbocycles. The first-order valence-corrected chi connectivity index (χ1v) is 6.95. The van der Waals surface area contributed by atoms with Gasteiger partial charge in [-0.05, 0) is 19.1 Å². The van der Waals surface area contributed by atoms with Crippen LogP contribution in [0.1, 0.15) is 23.7 Å². The van der Waals surface area contributed by atoms with Crippen LogP contribution in [0.4, 0.5) is 5.69 Å². The summed E-state index contributed by atoms with van der Waals surface area (Å²) in [5.41, 5.74) is 6.63. The molecule has 21 heavy (non-hydrogen) atoms. The summed E-state index contributed by atoms with van der Waals surface area (Å²) in [4.78, 5) is 11.8. The minimum atomic E-state index is -0.413. The molecule has 118 valence electrons. The average molecular weight is 297 g/mol. The highest BCUT2D eigenvalue weighted by atomic mass is 16.5. The quantitative estimate of drug-likeness (QED) is 0.403. The molecule has 0 aliphatic heterocycles. The van der Waals surface area contributed by atoms with Crippen LogP contribution >= 0.6 is 0 Å². The maximum atomic E-state index is 11.8. The molecule has 1 rings (SSSR count). The van der Waals surface area contributed by atoms with Crippen LogP contribution in [-0.4, -0.2) is 46.1 Å². The normalized spacial score (nSPS) is 10.4. The smallest absolute Gasteiger partial charge is 0.341 e. The van der Waals surface area contributed by atoms with Gasteiger partial charge in [0.1, 0.15) is 11.3 Å². The second-order valence-corrected chi connectivity index (χ2v) is 4.28. The maximum Gasteiger partial charge on any atom is 0.341 e. The summed E-state index contributed by atoms with van der Waals surface area (Å²) < 4.78 is 20.8. The topological polar surface area (TPSA) is 80.0 Å². The standard InChI is InChI=1S/C15H23NO5/c1-3-20-15(17)13-6-5-12(16)11-14(13)21-8-4-7-19-10-9-18-2/h5-6,11H,3-4,7-10,16H2,1-2H3. The van der Waals surface area contributed by atoms with Gasteiger partial charge in [-0.1, -0.05) is 0 Å². The highest BCUT2D eigenvalue weighted by molar-refractivity contribution is 5.93. The van der Waals surface area contributed by atoms with Crippen molar-refractivity contribution in [2.24, 2.45) is 0 Å². The van der Waals surface area contributed by atoms with Crippen molar-refractivity contribution in [1.82, 2.24) is 0 Å². The van der Waals surface area contributed by atoms with E-state index in [0.717, 1.165) is 0 Å². The summed E-state index contributed by atoms with van der Waals surface area (Å²) in [5, 5.41) is 0. The van der Waals surface area contributed by atoms with Gasteiger partial charge < -0.3 is 24.7 Å². The number of nitrogen functional groups attached to an aromatic ring is 1. The van der Waals surface area contributed by atoms with Crippen LogP contribution in [0.25, 0.3) is 0 Å². The second-order valence-electron chi connectivity index (χ2n) is 4.28. The van der Waals surface area contributed by atoms with Crippen molar-refractivity contribution in [3.8, 4) is 5.75 Å². The van der Waals surface area contributed by atoms with Crippen LogP contribution < -0.4 is 10.5 Å². The number of nitrogens with two attached hydrogens (primary N) is 1. The molecule has 0 saturated heterocycles. The number of methoxy groups -OCH3 is 1. The summed E-state index contributed by atoms with van der Waals surface area (Å²) in [6.45, 7) is 4.21. The number of anilines is 1. The Kier molecular flexibility index (Phi) is 8.23. The van der Waals surface area contributed by atoms with Crippen LogP contribution in [0.5, 0.6) is 5.75 Å². The van der Waals surface area contributed by atoms with Crippen molar-refractivity contribution in [2.75, 3.05) is 45.9 Å². The fraction of sp³-hybridized carbons (Fsp3) is 0.533.